The zero-order valence-corrected chi connectivity index (χ0v) is 13.2. The number of benzene rings is 1. The van der Waals surface area contributed by atoms with Gasteiger partial charge in [-0.1, -0.05) is 12.1 Å². The van der Waals surface area contributed by atoms with Gasteiger partial charge in [0.1, 0.15) is 6.54 Å². The number of imidazole rings is 1. The van der Waals surface area contributed by atoms with E-state index < -0.39 is 17.9 Å². The smallest absolute Gasteiger partial charge is 0.349 e. The molecule has 0 spiro atoms. The van der Waals surface area contributed by atoms with E-state index in [9.17, 15) is 18.0 Å². The average Bonchev–Trinajstić information content (AvgIpc) is 3.15. The van der Waals surface area contributed by atoms with Gasteiger partial charge in [0.25, 0.3) is 0 Å². The minimum atomic E-state index is -4.60. The number of carbonyl (C=O) groups excluding carboxylic acids is 1. The number of nitrogens with zero attached hydrogens (tertiary/aromatic N) is 2. The summed E-state index contributed by atoms with van der Waals surface area (Å²) < 4.78 is 40.5. The van der Waals surface area contributed by atoms with Crippen molar-refractivity contribution in [2.75, 3.05) is 26.2 Å². The normalized spacial score (nSPS) is 16.0. The standard InChI is InChI=1S/C16H19F3N4O/c17-16(18,19)15-21-12-5-1-2-6-13(12)23(15)11-14(24)20-7-10-22-8-3-4-9-22/h1-2,5-6H,3-4,7-11H2,(H,20,24)/p+1. The molecule has 2 heterocycles. The molecule has 0 radical (unpaired) electrons. The van der Waals surface area contributed by atoms with Crippen LogP contribution in [-0.4, -0.2) is 41.6 Å². The first-order valence-electron chi connectivity index (χ1n) is 8.08. The Morgan fingerprint density at radius 2 is 1.96 bits per heavy atom. The van der Waals surface area contributed by atoms with Gasteiger partial charge in [0.05, 0.1) is 37.2 Å². The minimum absolute atomic E-state index is 0.235. The topological polar surface area (TPSA) is 51.4 Å². The van der Waals surface area contributed by atoms with Gasteiger partial charge in [0.2, 0.25) is 11.7 Å². The van der Waals surface area contributed by atoms with Crippen molar-refractivity contribution < 1.29 is 22.9 Å². The summed E-state index contributed by atoms with van der Waals surface area (Å²) in [6.07, 6.45) is -2.21. The third-order valence-electron chi connectivity index (χ3n) is 4.32. The summed E-state index contributed by atoms with van der Waals surface area (Å²) in [6.45, 7) is 3.09. The Morgan fingerprint density at radius 3 is 2.67 bits per heavy atom. The molecule has 0 unspecified atom stereocenters. The molecule has 1 aromatic carbocycles. The van der Waals surface area contributed by atoms with Crippen LogP contribution in [0, 0.1) is 0 Å². The van der Waals surface area contributed by atoms with E-state index in [0.717, 1.165) is 24.2 Å². The van der Waals surface area contributed by atoms with E-state index in [1.165, 1.54) is 23.8 Å². The van der Waals surface area contributed by atoms with Crippen LogP contribution in [0.15, 0.2) is 24.3 Å². The van der Waals surface area contributed by atoms with Crippen molar-refractivity contribution in [2.45, 2.75) is 25.6 Å². The van der Waals surface area contributed by atoms with E-state index in [1.807, 2.05) is 0 Å². The van der Waals surface area contributed by atoms with Crippen LogP contribution < -0.4 is 10.2 Å². The lowest BCUT2D eigenvalue weighted by Crippen LogP contribution is -3.10. The number of fused-ring (bicyclic) bond motifs is 1. The highest BCUT2D eigenvalue weighted by atomic mass is 19.4. The Morgan fingerprint density at radius 1 is 1.25 bits per heavy atom. The van der Waals surface area contributed by atoms with Crippen LogP contribution in [0.3, 0.4) is 0 Å². The fourth-order valence-electron chi connectivity index (χ4n) is 3.16. The number of halogens is 3. The van der Waals surface area contributed by atoms with Crippen LogP contribution in [0.25, 0.3) is 11.0 Å². The molecule has 2 N–H and O–H groups in total. The highest BCUT2D eigenvalue weighted by molar-refractivity contribution is 5.81. The third-order valence-corrected chi connectivity index (χ3v) is 4.32. The molecule has 3 rings (SSSR count). The second kappa shape index (κ2) is 6.80. The van der Waals surface area contributed by atoms with E-state index in [2.05, 4.69) is 10.3 Å². The first-order chi connectivity index (χ1) is 11.4. The fraction of sp³-hybridized carbons (Fsp3) is 0.500. The molecule has 5 nitrogen and oxygen atoms in total. The molecule has 1 saturated heterocycles. The molecule has 1 aliphatic rings. The highest BCUT2D eigenvalue weighted by Gasteiger charge is 2.37. The molecule has 0 aliphatic carbocycles. The highest BCUT2D eigenvalue weighted by Crippen LogP contribution is 2.31. The Labute approximate surface area is 137 Å². The minimum Gasteiger partial charge on any atom is -0.349 e. The number of amides is 1. The molecule has 1 fully saturated rings. The van der Waals surface area contributed by atoms with E-state index in [4.69, 9.17) is 0 Å². The Kier molecular flexibility index (Phi) is 4.75. The van der Waals surface area contributed by atoms with Crippen molar-refractivity contribution in [2.24, 2.45) is 0 Å². The van der Waals surface area contributed by atoms with E-state index in [1.54, 1.807) is 18.2 Å². The predicted octanol–water partition coefficient (Wildman–Crippen LogP) is 0.850. The number of para-hydroxylation sites is 2. The fourth-order valence-corrected chi connectivity index (χ4v) is 3.16. The van der Waals surface area contributed by atoms with Gasteiger partial charge in [-0.05, 0) is 12.1 Å². The predicted molar refractivity (Wildman–Crippen MR) is 82.5 cm³/mol. The molecule has 1 amide bonds. The van der Waals surface area contributed by atoms with Gasteiger partial charge >= 0.3 is 6.18 Å². The van der Waals surface area contributed by atoms with Crippen LogP contribution in [0.5, 0.6) is 0 Å². The number of carbonyl (C=O) groups is 1. The molecule has 8 heteroatoms. The summed E-state index contributed by atoms with van der Waals surface area (Å²) in [5.74, 6) is -1.47. The van der Waals surface area contributed by atoms with Crippen LogP contribution in [0.4, 0.5) is 13.2 Å². The lowest BCUT2D eigenvalue weighted by Gasteiger charge is -2.14. The van der Waals surface area contributed by atoms with Crippen LogP contribution in [0.1, 0.15) is 18.7 Å². The van der Waals surface area contributed by atoms with Gasteiger partial charge in [-0.25, -0.2) is 4.98 Å². The summed E-state index contributed by atoms with van der Waals surface area (Å²) in [7, 11) is 0. The van der Waals surface area contributed by atoms with E-state index in [-0.39, 0.29) is 12.1 Å². The zero-order valence-electron chi connectivity index (χ0n) is 13.2. The maximum Gasteiger partial charge on any atom is 0.449 e. The summed E-state index contributed by atoms with van der Waals surface area (Å²) in [5, 5.41) is 2.72. The number of alkyl halides is 3. The summed E-state index contributed by atoms with van der Waals surface area (Å²) >= 11 is 0. The molecule has 2 aromatic rings. The number of quaternary nitrogens is 1. The van der Waals surface area contributed by atoms with E-state index >= 15 is 0 Å². The Balaban J connectivity index is 1.70. The van der Waals surface area contributed by atoms with Crippen LogP contribution >= 0.6 is 0 Å². The second-order valence-electron chi connectivity index (χ2n) is 6.07. The zero-order chi connectivity index (χ0) is 17.2. The van der Waals surface area contributed by atoms with Crippen molar-refractivity contribution in [3.05, 3.63) is 30.1 Å². The summed E-state index contributed by atoms with van der Waals surface area (Å²) in [5.41, 5.74) is 0.546. The van der Waals surface area contributed by atoms with E-state index in [0.29, 0.717) is 12.1 Å². The lowest BCUT2D eigenvalue weighted by molar-refractivity contribution is -0.886. The van der Waals surface area contributed by atoms with Gasteiger partial charge in [-0.3, -0.25) is 4.79 Å². The van der Waals surface area contributed by atoms with Crippen molar-refractivity contribution in [1.82, 2.24) is 14.9 Å². The molecule has 1 aromatic heterocycles. The Bertz CT molecular complexity index is 720. The average molecular weight is 341 g/mol. The number of rotatable bonds is 5. The molecule has 24 heavy (non-hydrogen) atoms. The van der Waals surface area contributed by atoms with Crippen LogP contribution in [0.2, 0.25) is 0 Å². The molecular weight excluding hydrogens is 321 g/mol. The lowest BCUT2D eigenvalue weighted by atomic mass is 10.3. The third kappa shape index (κ3) is 3.69. The number of hydrogen-bond donors (Lipinski definition) is 2. The van der Waals surface area contributed by atoms with Crippen LogP contribution in [-0.2, 0) is 17.5 Å². The SMILES string of the molecule is O=C(Cn1c(C(F)(F)F)nc2ccccc21)NCC[NH+]1CCCC1. The quantitative estimate of drug-likeness (QED) is 0.847. The van der Waals surface area contributed by atoms with Gasteiger partial charge < -0.3 is 14.8 Å². The first-order valence-corrected chi connectivity index (χ1v) is 8.08. The maximum absolute atomic E-state index is 13.2. The number of hydrogen-bond acceptors (Lipinski definition) is 2. The van der Waals surface area contributed by atoms with Crippen molar-refractivity contribution >= 4 is 16.9 Å². The van der Waals surface area contributed by atoms with Crippen molar-refractivity contribution in [3.8, 4) is 0 Å². The number of likely N-dealkylation sites (tertiary alicyclic amines) is 1. The molecular formula is C16H20F3N4O+. The molecule has 130 valence electrons. The van der Waals surface area contributed by atoms with Gasteiger partial charge in [-0.15, -0.1) is 0 Å². The maximum atomic E-state index is 13.2. The van der Waals surface area contributed by atoms with Gasteiger partial charge in [0, 0.05) is 12.8 Å². The molecule has 0 atom stereocenters. The Hall–Kier alpha value is -2.09. The largest absolute Gasteiger partial charge is 0.449 e. The monoisotopic (exact) mass is 341 g/mol. The molecule has 0 saturated carbocycles. The summed E-state index contributed by atoms with van der Waals surface area (Å²) in [6, 6.07) is 6.31. The van der Waals surface area contributed by atoms with Gasteiger partial charge in [-0.2, -0.15) is 13.2 Å². The van der Waals surface area contributed by atoms with Crippen molar-refractivity contribution in [1.29, 1.82) is 0 Å². The van der Waals surface area contributed by atoms with Crippen molar-refractivity contribution in [3.63, 3.8) is 0 Å². The molecule has 0 bridgehead atoms. The van der Waals surface area contributed by atoms with Gasteiger partial charge in [0.15, 0.2) is 0 Å². The molecule has 1 aliphatic heterocycles. The second-order valence-corrected chi connectivity index (χ2v) is 6.07. The number of aromatic nitrogens is 2. The number of nitrogens with one attached hydrogen (secondary N) is 2. The summed E-state index contributed by atoms with van der Waals surface area (Å²) in [4.78, 5) is 17.1. The first kappa shape index (κ1) is 16.8.